The molecule has 0 bridgehead atoms. The van der Waals surface area contributed by atoms with E-state index in [1.807, 2.05) is 30.3 Å². The third-order valence-corrected chi connectivity index (χ3v) is 6.74. The van der Waals surface area contributed by atoms with Crippen LogP contribution in [-0.4, -0.2) is 39.4 Å². The predicted molar refractivity (Wildman–Crippen MR) is 112 cm³/mol. The number of hydrogen-bond donors (Lipinski definition) is 1. The summed E-state index contributed by atoms with van der Waals surface area (Å²) in [6.07, 6.45) is 3.73. The van der Waals surface area contributed by atoms with Crippen LogP contribution in [0.5, 0.6) is 5.75 Å². The molecule has 0 aliphatic carbocycles. The van der Waals surface area contributed by atoms with Crippen molar-refractivity contribution in [2.24, 2.45) is 0 Å². The molecule has 2 aromatic rings. The Labute approximate surface area is 177 Å². The first-order chi connectivity index (χ1) is 14.5. The van der Waals surface area contributed by atoms with Crippen LogP contribution in [-0.2, 0) is 14.8 Å². The lowest BCUT2D eigenvalue weighted by Crippen LogP contribution is -2.42. The summed E-state index contributed by atoms with van der Waals surface area (Å²) < 4.78 is 32.9. The first-order valence-corrected chi connectivity index (χ1v) is 11.4. The van der Waals surface area contributed by atoms with Gasteiger partial charge in [0.05, 0.1) is 30.2 Å². The number of carbonyl (C=O) groups is 1. The molecule has 1 unspecified atom stereocenters. The Kier molecular flexibility index (Phi) is 7.08. The van der Waals surface area contributed by atoms with Crippen LogP contribution < -0.4 is 9.46 Å². The zero-order valence-electron chi connectivity index (χ0n) is 16.9. The highest BCUT2D eigenvalue weighted by atomic mass is 32.2. The minimum Gasteiger partial charge on any atom is -0.497 e. The molecule has 0 saturated carbocycles. The molecule has 8 heteroatoms. The number of amides is 1. The molecule has 0 radical (unpaired) electrons. The molecule has 0 aromatic heterocycles. The lowest BCUT2D eigenvalue weighted by molar-refractivity contribution is -0.132. The topological polar surface area (TPSA) is 99.5 Å². The van der Waals surface area contributed by atoms with Crippen LogP contribution in [0.4, 0.5) is 0 Å². The zero-order chi connectivity index (χ0) is 21.6. The van der Waals surface area contributed by atoms with Gasteiger partial charge in [0.15, 0.2) is 0 Å². The number of carbonyl (C=O) groups excluding carboxylic acids is 1. The maximum atomic E-state index is 13.0. The van der Waals surface area contributed by atoms with Crippen molar-refractivity contribution in [3.63, 3.8) is 0 Å². The fourth-order valence-electron chi connectivity index (χ4n) is 3.71. The van der Waals surface area contributed by atoms with Gasteiger partial charge in [0.1, 0.15) is 11.8 Å². The number of likely N-dealkylation sites (tertiary alicyclic amines) is 1. The molecule has 1 aliphatic heterocycles. The highest BCUT2D eigenvalue weighted by molar-refractivity contribution is 7.89. The molecule has 1 amide bonds. The van der Waals surface area contributed by atoms with Gasteiger partial charge >= 0.3 is 0 Å². The number of sulfonamides is 1. The highest BCUT2D eigenvalue weighted by Crippen LogP contribution is 2.31. The Morgan fingerprint density at radius 1 is 1.17 bits per heavy atom. The molecule has 1 heterocycles. The number of rotatable bonds is 6. The van der Waals surface area contributed by atoms with Gasteiger partial charge < -0.3 is 9.64 Å². The minimum absolute atomic E-state index is 0.0448. The van der Waals surface area contributed by atoms with E-state index in [-0.39, 0.29) is 29.0 Å². The van der Waals surface area contributed by atoms with Crippen LogP contribution in [0.25, 0.3) is 0 Å². The average Bonchev–Trinajstić information content (AvgIpc) is 3.04. The predicted octanol–water partition coefficient (Wildman–Crippen LogP) is 2.99. The van der Waals surface area contributed by atoms with Crippen LogP contribution in [0.2, 0.25) is 0 Å². The van der Waals surface area contributed by atoms with E-state index in [4.69, 9.17) is 10.00 Å². The molecule has 3 rings (SSSR count). The van der Waals surface area contributed by atoms with Gasteiger partial charge in [0.25, 0.3) is 0 Å². The summed E-state index contributed by atoms with van der Waals surface area (Å²) in [5.74, 6) is 0.463. The summed E-state index contributed by atoms with van der Waals surface area (Å²) in [6.45, 7) is 0.223. The molecule has 1 fully saturated rings. The van der Waals surface area contributed by atoms with E-state index in [1.54, 1.807) is 24.1 Å². The molecule has 7 nitrogen and oxygen atoms in total. The lowest BCUT2D eigenvalue weighted by atomic mass is 10.0. The second-order valence-electron chi connectivity index (χ2n) is 7.16. The monoisotopic (exact) mass is 427 g/mol. The molecule has 1 aliphatic rings. The summed E-state index contributed by atoms with van der Waals surface area (Å²) in [6, 6.07) is 15.3. The number of benzene rings is 2. The fraction of sp³-hybridized carbons (Fsp3) is 0.364. The molecule has 1 saturated heterocycles. The van der Waals surface area contributed by atoms with Gasteiger partial charge in [-0.25, -0.2) is 13.1 Å². The normalized spacial score (nSPS) is 17.1. The first-order valence-electron chi connectivity index (χ1n) is 9.88. The standard InChI is InChI=1S/C22H25N3O4S/c1-29-19-12-10-17(11-13-19)20-8-3-2-6-14-25(20)22(26)16-24-30(27,28)21-9-5-4-7-18(21)15-23/h4-5,7,9-13,20,24H,2-3,6,8,14,16H2,1H3. The summed E-state index contributed by atoms with van der Waals surface area (Å²) in [7, 11) is -2.37. The Morgan fingerprint density at radius 3 is 2.60 bits per heavy atom. The minimum atomic E-state index is -3.97. The molecule has 1 atom stereocenters. The van der Waals surface area contributed by atoms with Gasteiger partial charge in [-0.15, -0.1) is 0 Å². The van der Waals surface area contributed by atoms with Crippen molar-refractivity contribution >= 4 is 15.9 Å². The largest absolute Gasteiger partial charge is 0.497 e. The smallest absolute Gasteiger partial charge is 0.242 e. The molecule has 1 N–H and O–H groups in total. The van der Waals surface area contributed by atoms with Crippen LogP contribution in [0, 0.1) is 11.3 Å². The van der Waals surface area contributed by atoms with E-state index in [9.17, 15) is 13.2 Å². The first kappa shape index (κ1) is 21.8. The van der Waals surface area contributed by atoms with Gasteiger partial charge in [-0.05, 0) is 42.7 Å². The number of nitrogens with zero attached hydrogens (tertiary/aromatic N) is 2. The Balaban J connectivity index is 1.76. The van der Waals surface area contributed by atoms with Gasteiger partial charge in [-0.1, -0.05) is 37.1 Å². The molecular weight excluding hydrogens is 402 g/mol. The fourth-order valence-corrected chi connectivity index (χ4v) is 4.84. The number of hydrogen-bond acceptors (Lipinski definition) is 5. The molecule has 2 aromatic carbocycles. The quantitative estimate of drug-likeness (QED) is 0.764. The van der Waals surface area contributed by atoms with E-state index in [1.165, 1.54) is 12.1 Å². The van der Waals surface area contributed by atoms with Crippen molar-refractivity contribution in [3.8, 4) is 11.8 Å². The third kappa shape index (κ3) is 4.99. The summed E-state index contributed by atoms with van der Waals surface area (Å²) in [5, 5.41) is 9.17. The maximum absolute atomic E-state index is 13.0. The van der Waals surface area contributed by atoms with Crippen LogP contribution in [0.3, 0.4) is 0 Å². The van der Waals surface area contributed by atoms with E-state index < -0.39 is 10.0 Å². The van der Waals surface area contributed by atoms with E-state index >= 15 is 0 Å². The molecule has 158 valence electrons. The second kappa shape index (κ2) is 9.74. The molecule has 0 spiro atoms. The maximum Gasteiger partial charge on any atom is 0.242 e. The zero-order valence-corrected chi connectivity index (χ0v) is 17.7. The van der Waals surface area contributed by atoms with Crippen molar-refractivity contribution in [1.82, 2.24) is 9.62 Å². The van der Waals surface area contributed by atoms with Crippen molar-refractivity contribution in [1.29, 1.82) is 5.26 Å². The van der Waals surface area contributed by atoms with Crippen LogP contribution in [0.15, 0.2) is 53.4 Å². The number of nitriles is 1. The Morgan fingerprint density at radius 2 is 1.90 bits per heavy atom. The lowest BCUT2D eigenvalue weighted by Gasteiger charge is -2.30. The van der Waals surface area contributed by atoms with Crippen molar-refractivity contribution in [2.45, 2.75) is 36.6 Å². The van der Waals surface area contributed by atoms with Crippen molar-refractivity contribution in [3.05, 3.63) is 59.7 Å². The summed E-state index contributed by atoms with van der Waals surface area (Å²) in [4.78, 5) is 14.6. The van der Waals surface area contributed by atoms with Crippen molar-refractivity contribution < 1.29 is 17.9 Å². The summed E-state index contributed by atoms with van der Waals surface area (Å²) in [5.41, 5.74) is 1.05. The highest BCUT2D eigenvalue weighted by Gasteiger charge is 2.28. The van der Waals surface area contributed by atoms with Crippen molar-refractivity contribution in [2.75, 3.05) is 20.2 Å². The van der Waals surface area contributed by atoms with Gasteiger partial charge in [0, 0.05) is 6.54 Å². The van der Waals surface area contributed by atoms with E-state index in [0.29, 0.717) is 6.54 Å². The van der Waals surface area contributed by atoms with E-state index in [0.717, 1.165) is 37.0 Å². The SMILES string of the molecule is COc1ccc(C2CCCCCN2C(=O)CNS(=O)(=O)c2ccccc2C#N)cc1. The Bertz CT molecular complexity index is 1030. The summed E-state index contributed by atoms with van der Waals surface area (Å²) >= 11 is 0. The number of ether oxygens (including phenoxy) is 1. The Hall–Kier alpha value is -2.89. The number of nitrogens with one attached hydrogen (secondary N) is 1. The van der Waals surface area contributed by atoms with Crippen LogP contribution in [0.1, 0.15) is 42.9 Å². The second-order valence-corrected chi connectivity index (χ2v) is 8.89. The third-order valence-electron chi connectivity index (χ3n) is 5.28. The molecule has 30 heavy (non-hydrogen) atoms. The average molecular weight is 428 g/mol. The van der Waals surface area contributed by atoms with Crippen LogP contribution >= 0.6 is 0 Å². The molecular formula is C22H25N3O4S. The van der Waals surface area contributed by atoms with E-state index in [2.05, 4.69) is 4.72 Å². The van der Waals surface area contributed by atoms with Gasteiger partial charge in [0.2, 0.25) is 15.9 Å². The van der Waals surface area contributed by atoms with Gasteiger partial charge in [-0.3, -0.25) is 4.79 Å². The van der Waals surface area contributed by atoms with Gasteiger partial charge in [-0.2, -0.15) is 5.26 Å². The number of methoxy groups -OCH3 is 1.